The average Bonchev–Trinajstić information content (AvgIpc) is 2.56. The number of hydrogen-bond donors (Lipinski definition) is 2. The topological polar surface area (TPSA) is 59.6 Å². The van der Waals surface area contributed by atoms with Crippen molar-refractivity contribution in [2.75, 3.05) is 33.4 Å². The van der Waals surface area contributed by atoms with E-state index < -0.39 is 5.60 Å². The summed E-state index contributed by atoms with van der Waals surface area (Å²) in [4.78, 5) is 12.4. The number of hydrogen-bond acceptors (Lipinski definition) is 4. The minimum atomic E-state index is -0.682. The summed E-state index contributed by atoms with van der Waals surface area (Å²) in [5.74, 6) is 0.802. The minimum absolute atomic E-state index is 0. The highest BCUT2D eigenvalue weighted by Crippen LogP contribution is 2.23. The highest BCUT2D eigenvalue weighted by atomic mass is 35.5. The Bertz CT molecular complexity index is 535. The fourth-order valence-corrected chi connectivity index (χ4v) is 2.97. The molecule has 1 fully saturated rings. The molecule has 2 N–H and O–H groups in total. The summed E-state index contributed by atoms with van der Waals surface area (Å²) in [6.07, 6.45) is 2.15. The van der Waals surface area contributed by atoms with Crippen LogP contribution >= 0.6 is 24.0 Å². The molecule has 0 aromatic heterocycles. The fourth-order valence-electron chi connectivity index (χ4n) is 2.75. The van der Waals surface area contributed by atoms with Crippen LogP contribution in [0.2, 0.25) is 5.02 Å². The van der Waals surface area contributed by atoms with Gasteiger partial charge >= 0.3 is 0 Å². The Balaban J connectivity index is 0.00000288. The van der Waals surface area contributed by atoms with Crippen LogP contribution in [0, 0.1) is 6.92 Å². The minimum Gasteiger partial charge on any atom is -0.493 e. The first-order valence-electron chi connectivity index (χ1n) is 8.00. The van der Waals surface area contributed by atoms with Gasteiger partial charge < -0.3 is 20.1 Å². The Morgan fingerprint density at radius 1 is 1.38 bits per heavy atom. The third-order valence-electron chi connectivity index (χ3n) is 4.22. The van der Waals surface area contributed by atoms with Crippen molar-refractivity contribution in [3.63, 3.8) is 0 Å². The van der Waals surface area contributed by atoms with E-state index in [1.165, 1.54) is 0 Å². The van der Waals surface area contributed by atoms with Gasteiger partial charge in [0.2, 0.25) is 0 Å². The van der Waals surface area contributed by atoms with E-state index in [0.717, 1.165) is 30.8 Å². The number of nitrogens with one attached hydrogen (secondary N) is 2. The van der Waals surface area contributed by atoms with E-state index in [0.29, 0.717) is 31.0 Å². The van der Waals surface area contributed by atoms with E-state index in [2.05, 4.69) is 10.6 Å². The zero-order valence-electron chi connectivity index (χ0n) is 14.2. The van der Waals surface area contributed by atoms with Crippen LogP contribution in [0.3, 0.4) is 0 Å². The van der Waals surface area contributed by atoms with Crippen molar-refractivity contribution in [2.24, 2.45) is 0 Å². The van der Waals surface area contributed by atoms with E-state index in [1.54, 1.807) is 7.11 Å². The lowest BCUT2D eigenvalue weighted by atomic mass is 9.91. The molecule has 1 aromatic rings. The summed E-state index contributed by atoms with van der Waals surface area (Å²) in [5, 5.41) is 6.91. The number of methoxy groups -OCH3 is 1. The summed E-state index contributed by atoms with van der Waals surface area (Å²) in [7, 11) is 1.61. The lowest BCUT2D eigenvalue weighted by Crippen LogP contribution is -2.54. The number of amides is 1. The maximum absolute atomic E-state index is 12.4. The van der Waals surface area contributed by atoms with Gasteiger partial charge in [0.05, 0.1) is 6.61 Å². The molecule has 7 heteroatoms. The molecule has 0 spiro atoms. The van der Waals surface area contributed by atoms with E-state index in [1.807, 2.05) is 25.1 Å². The molecule has 0 radical (unpaired) electrons. The monoisotopic (exact) mass is 376 g/mol. The highest BCUT2D eigenvalue weighted by molar-refractivity contribution is 6.30. The maximum Gasteiger partial charge on any atom is 0.252 e. The lowest BCUT2D eigenvalue weighted by molar-refractivity contribution is -0.146. The number of aryl methyl sites for hydroxylation is 1. The van der Waals surface area contributed by atoms with Crippen molar-refractivity contribution in [1.82, 2.24) is 10.6 Å². The van der Waals surface area contributed by atoms with Crippen LogP contribution < -0.4 is 15.4 Å². The van der Waals surface area contributed by atoms with Gasteiger partial charge in [0.15, 0.2) is 0 Å². The summed E-state index contributed by atoms with van der Waals surface area (Å²) < 4.78 is 11.2. The molecular weight excluding hydrogens is 351 g/mol. The van der Waals surface area contributed by atoms with Crippen molar-refractivity contribution in [3.05, 3.63) is 28.8 Å². The third-order valence-corrected chi connectivity index (χ3v) is 4.45. The number of ether oxygens (including phenoxy) is 2. The third kappa shape index (κ3) is 5.52. The van der Waals surface area contributed by atoms with Crippen LogP contribution in [0.4, 0.5) is 0 Å². The first-order valence-corrected chi connectivity index (χ1v) is 8.38. The molecule has 5 nitrogen and oxygen atoms in total. The first kappa shape index (κ1) is 21.0. The van der Waals surface area contributed by atoms with Gasteiger partial charge in [-0.2, -0.15) is 0 Å². The van der Waals surface area contributed by atoms with Gasteiger partial charge in [-0.15, -0.1) is 12.4 Å². The molecule has 1 amide bonds. The molecule has 1 saturated heterocycles. The fraction of sp³-hybridized carbons (Fsp3) is 0.588. The first-order chi connectivity index (χ1) is 11.1. The molecule has 2 rings (SSSR count). The van der Waals surface area contributed by atoms with Gasteiger partial charge in [-0.25, -0.2) is 0 Å². The van der Waals surface area contributed by atoms with Crippen LogP contribution in [0.25, 0.3) is 0 Å². The molecule has 136 valence electrons. The number of benzene rings is 1. The molecule has 0 bridgehead atoms. The summed E-state index contributed by atoms with van der Waals surface area (Å²) in [6, 6.07) is 5.55. The van der Waals surface area contributed by atoms with E-state index in [4.69, 9.17) is 21.1 Å². The van der Waals surface area contributed by atoms with Crippen LogP contribution in [-0.2, 0) is 9.53 Å². The van der Waals surface area contributed by atoms with Crippen molar-refractivity contribution < 1.29 is 14.3 Å². The van der Waals surface area contributed by atoms with Gasteiger partial charge in [0, 0.05) is 18.7 Å². The lowest BCUT2D eigenvalue weighted by Gasteiger charge is -2.34. The number of carbonyl (C=O) groups excluding carboxylic acids is 1. The Hall–Kier alpha value is -1.01. The van der Waals surface area contributed by atoms with Gasteiger partial charge in [0.25, 0.3) is 5.91 Å². The second kappa shape index (κ2) is 10.1. The second-order valence-corrected chi connectivity index (χ2v) is 6.25. The van der Waals surface area contributed by atoms with Crippen LogP contribution in [0.15, 0.2) is 18.2 Å². The predicted molar refractivity (Wildman–Crippen MR) is 98.4 cm³/mol. The maximum atomic E-state index is 12.4. The summed E-state index contributed by atoms with van der Waals surface area (Å²) in [6.45, 7) is 4.69. The number of halogens is 2. The molecule has 1 aliphatic heterocycles. The quantitative estimate of drug-likeness (QED) is 0.718. The molecule has 1 heterocycles. The molecule has 0 saturated carbocycles. The molecule has 1 aliphatic rings. The van der Waals surface area contributed by atoms with Crippen LogP contribution in [0.1, 0.15) is 24.8 Å². The second-order valence-electron chi connectivity index (χ2n) is 5.82. The Labute approximate surface area is 154 Å². The van der Waals surface area contributed by atoms with E-state index in [-0.39, 0.29) is 18.3 Å². The molecule has 24 heavy (non-hydrogen) atoms. The van der Waals surface area contributed by atoms with Gasteiger partial charge in [-0.05, 0) is 63.0 Å². The summed E-state index contributed by atoms with van der Waals surface area (Å²) >= 11 is 5.92. The van der Waals surface area contributed by atoms with Gasteiger partial charge in [-0.1, -0.05) is 11.6 Å². The zero-order chi connectivity index (χ0) is 16.7. The normalized spacial score (nSPS) is 16.1. The Kier molecular flexibility index (Phi) is 8.84. The van der Waals surface area contributed by atoms with Crippen LogP contribution in [-0.4, -0.2) is 44.9 Å². The largest absolute Gasteiger partial charge is 0.493 e. The number of carbonyl (C=O) groups is 1. The molecule has 0 aliphatic carbocycles. The predicted octanol–water partition coefficient (Wildman–Crippen LogP) is 2.72. The van der Waals surface area contributed by atoms with Crippen molar-refractivity contribution in [1.29, 1.82) is 0 Å². The van der Waals surface area contributed by atoms with Crippen molar-refractivity contribution >= 4 is 29.9 Å². The average molecular weight is 377 g/mol. The van der Waals surface area contributed by atoms with E-state index in [9.17, 15) is 4.79 Å². The van der Waals surface area contributed by atoms with Gasteiger partial charge in [0.1, 0.15) is 11.4 Å². The number of rotatable bonds is 7. The molecule has 1 aromatic carbocycles. The molecule has 0 unspecified atom stereocenters. The summed E-state index contributed by atoms with van der Waals surface area (Å²) in [5.41, 5.74) is 0.327. The van der Waals surface area contributed by atoms with E-state index >= 15 is 0 Å². The van der Waals surface area contributed by atoms with Crippen molar-refractivity contribution in [2.45, 2.75) is 31.8 Å². The molecule has 0 atom stereocenters. The smallest absolute Gasteiger partial charge is 0.252 e. The standard InChI is InChI=1S/C17H25ClN2O3.ClH/c1-13-12-14(18)4-5-15(13)23-11-3-8-20-16(21)17(22-2)6-9-19-10-7-17;/h4-5,12,19H,3,6-11H2,1-2H3,(H,20,21);1H. The Morgan fingerprint density at radius 2 is 2.08 bits per heavy atom. The molecular formula is C17H26Cl2N2O3. The zero-order valence-corrected chi connectivity index (χ0v) is 15.8. The number of piperidine rings is 1. The van der Waals surface area contributed by atoms with Crippen molar-refractivity contribution in [3.8, 4) is 5.75 Å². The van der Waals surface area contributed by atoms with Gasteiger partial charge in [-0.3, -0.25) is 4.79 Å². The SMILES string of the molecule is COC1(C(=O)NCCCOc2ccc(Cl)cc2C)CCNCC1.Cl. The van der Waals surface area contributed by atoms with Crippen LogP contribution in [0.5, 0.6) is 5.75 Å². The highest BCUT2D eigenvalue weighted by Gasteiger charge is 2.39. The Morgan fingerprint density at radius 3 is 2.71 bits per heavy atom.